The second kappa shape index (κ2) is 7.98. The Morgan fingerprint density at radius 1 is 1.30 bits per heavy atom. The van der Waals surface area contributed by atoms with Gasteiger partial charge in [0.15, 0.2) is 5.69 Å². The molecule has 3 rings (SSSR count). The van der Waals surface area contributed by atoms with Crippen LogP contribution in [0.15, 0.2) is 59.2 Å². The molecule has 7 heteroatoms. The van der Waals surface area contributed by atoms with Crippen molar-refractivity contribution in [1.29, 1.82) is 5.26 Å². The molecule has 0 saturated heterocycles. The SMILES string of the molecule is COC(=O)c1c(N)c(C#N)cn1-c1cc(Br)ccc1NCc1ccccc1. The number of benzene rings is 2. The molecule has 27 heavy (non-hydrogen) atoms. The molecule has 0 aliphatic heterocycles. The van der Waals surface area contributed by atoms with Crippen LogP contribution in [0.5, 0.6) is 0 Å². The van der Waals surface area contributed by atoms with E-state index in [9.17, 15) is 10.1 Å². The molecule has 0 bridgehead atoms. The van der Waals surface area contributed by atoms with Gasteiger partial charge in [0.1, 0.15) is 6.07 Å². The summed E-state index contributed by atoms with van der Waals surface area (Å²) in [6.45, 7) is 0.602. The van der Waals surface area contributed by atoms with Crippen molar-refractivity contribution in [2.75, 3.05) is 18.2 Å². The van der Waals surface area contributed by atoms with Crippen molar-refractivity contribution in [3.8, 4) is 11.8 Å². The maximum atomic E-state index is 12.3. The Labute approximate surface area is 165 Å². The molecule has 0 saturated carbocycles. The van der Waals surface area contributed by atoms with Crippen LogP contribution in [0.4, 0.5) is 11.4 Å². The molecule has 0 atom stereocenters. The Morgan fingerprint density at radius 3 is 2.70 bits per heavy atom. The quantitative estimate of drug-likeness (QED) is 0.601. The number of hydrogen-bond donors (Lipinski definition) is 2. The maximum absolute atomic E-state index is 12.3. The predicted molar refractivity (Wildman–Crippen MR) is 108 cm³/mol. The van der Waals surface area contributed by atoms with E-state index in [2.05, 4.69) is 21.2 Å². The fourth-order valence-corrected chi connectivity index (χ4v) is 3.10. The van der Waals surface area contributed by atoms with E-state index in [-0.39, 0.29) is 16.9 Å². The van der Waals surface area contributed by atoms with Gasteiger partial charge in [-0.25, -0.2) is 4.79 Å². The first-order chi connectivity index (χ1) is 13.0. The zero-order chi connectivity index (χ0) is 19.4. The molecule has 3 N–H and O–H groups in total. The number of nitrogens with zero attached hydrogens (tertiary/aromatic N) is 2. The lowest BCUT2D eigenvalue weighted by Gasteiger charge is -2.16. The number of aromatic nitrogens is 1. The second-order valence-corrected chi connectivity index (χ2v) is 6.69. The average molecular weight is 425 g/mol. The molecular weight excluding hydrogens is 408 g/mol. The summed E-state index contributed by atoms with van der Waals surface area (Å²) in [5.41, 5.74) is 9.01. The molecule has 1 heterocycles. The number of rotatable bonds is 5. The standard InChI is InChI=1S/C20H17BrN4O2/c1-27-20(26)19-18(23)14(10-22)12-25(19)17-9-15(21)7-8-16(17)24-11-13-5-3-2-4-6-13/h2-9,12,24H,11,23H2,1H3. The van der Waals surface area contributed by atoms with E-state index in [1.54, 1.807) is 4.57 Å². The van der Waals surface area contributed by atoms with Gasteiger partial charge in [-0.3, -0.25) is 0 Å². The van der Waals surface area contributed by atoms with E-state index in [4.69, 9.17) is 10.5 Å². The van der Waals surface area contributed by atoms with Crippen molar-refractivity contribution < 1.29 is 9.53 Å². The van der Waals surface area contributed by atoms with Crippen molar-refractivity contribution >= 4 is 33.3 Å². The lowest BCUT2D eigenvalue weighted by Crippen LogP contribution is -2.12. The predicted octanol–water partition coefficient (Wildman–Crippen LogP) is 4.09. The molecular formula is C20H17BrN4O2. The molecule has 0 aliphatic rings. The molecule has 0 aliphatic carbocycles. The largest absolute Gasteiger partial charge is 0.464 e. The van der Waals surface area contributed by atoms with Gasteiger partial charge in [-0.15, -0.1) is 0 Å². The highest BCUT2D eigenvalue weighted by Gasteiger charge is 2.23. The molecule has 6 nitrogen and oxygen atoms in total. The average Bonchev–Trinajstić information content (AvgIpc) is 3.03. The molecule has 2 aromatic carbocycles. The zero-order valence-electron chi connectivity index (χ0n) is 14.6. The van der Waals surface area contributed by atoms with E-state index in [0.29, 0.717) is 12.2 Å². The minimum absolute atomic E-state index is 0.0957. The fraction of sp³-hybridized carbons (Fsp3) is 0.100. The summed E-state index contributed by atoms with van der Waals surface area (Å²) in [7, 11) is 1.28. The molecule has 0 spiro atoms. The number of nitrogens with one attached hydrogen (secondary N) is 1. The molecule has 0 amide bonds. The second-order valence-electron chi connectivity index (χ2n) is 5.78. The lowest BCUT2D eigenvalue weighted by molar-refractivity contribution is 0.0593. The van der Waals surface area contributed by atoms with Gasteiger partial charge >= 0.3 is 5.97 Å². The summed E-state index contributed by atoms with van der Waals surface area (Å²) >= 11 is 3.46. The van der Waals surface area contributed by atoms with Gasteiger partial charge in [0.2, 0.25) is 0 Å². The molecule has 0 radical (unpaired) electrons. The number of nitrogen functional groups attached to an aromatic ring is 1. The van der Waals surface area contributed by atoms with Gasteiger partial charge in [0, 0.05) is 17.2 Å². The number of methoxy groups -OCH3 is 1. The van der Waals surface area contributed by atoms with Gasteiger partial charge in [0.05, 0.1) is 29.7 Å². The van der Waals surface area contributed by atoms with Crippen molar-refractivity contribution in [2.45, 2.75) is 6.54 Å². The summed E-state index contributed by atoms with van der Waals surface area (Å²) < 4.78 is 7.26. The third kappa shape index (κ3) is 3.81. The summed E-state index contributed by atoms with van der Waals surface area (Å²) in [6.07, 6.45) is 1.54. The minimum Gasteiger partial charge on any atom is -0.464 e. The van der Waals surface area contributed by atoms with Gasteiger partial charge in [-0.05, 0) is 23.8 Å². The van der Waals surface area contributed by atoms with Gasteiger partial charge < -0.3 is 20.4 Å². The molecule has 3 aromatic rings. The highest BCUT2D eigenvalue weighted by Crippen LogP contribution is 2.31. The van der Waals surface area contributed by atoms with Crippen LogP contribution in [0.1, 0.15) is 21.6 Å². The summed E-state index contributed by atoms with van der Waals surface area (Å²) in [4.78, 5) is 12.3. The number of nitrogens with two attached hydrogens (primary N) is 1. The fourth-order valence-electron chi connectivity index (χ4n) is 2.75. The Balaban J connectivity index is 2.08. The van der Waals surface area contributed by atoms with E-state index in [1.807, 2.05) is 54.6 Å². The number of carbonyl (C=O) groups excluding carboxylic acids is 1. The lowest BCUT2D eigenvalue weighted by atomic mass is 10.2. The smallest absolute Gasteiger partial charge is 0.357 e. The Hall–Kier alpha value is -3.24. The van der Waals surface area contributed by atoms with Crippen molar-refractivity contribution in [1.82, 2.24) is 4.57 Å². The summed E-state index contributed by atoms with van der Waals surface area (Å²) in [6, 6.07) is 17.6. The van der Waals surface area contributed by atoms with Crippen molar-refractivity contribution in [2.24, 2.45) is 0 Å². The van der Waals surface area contributed by atoms with E-state index in [1.165, 1.54) is 13.3 Å². The van der Waals surface area contributed by atoms with Gasteiger partial charge in [0.25, 0.3) is 0 Å². The third-order valence-electron chi connectivity index (χ3n) is 4.09. The van der Waals surface area contributed by atoms with Gasteiger partial charge in [-0.1, -0.05) is 46.3 Å². The van der Waals surface area contributed by atoms with Crippen LogP contribution in [-0.4, -0.2) is 17.6 Å². The molecule has 136 valence electrons. The van der Waals surface area contributed by atoms with Crippen LogP contribution < -0.4 is 11.1 Å². The first-order valence-electron chi connectivity index (χ1n) is 8.12. The Morgan fingerprint density at radius 2 is 2.04 bits per heavy atom. The maximum Gasteiger partial charge on any atom is 0.357 e. The summed E-state index contributed by atoms with van der Waals surface area (Å²) in [5, 5.41) is 12.7. The number of ether oxygens (including phenoxy) is 1. The Kier molecular flexibility index (Phi) is 5.48. The number of anilines is 2. The van der Waals surface area contributed by atoms with Crippen LogP contribution in [0, 0.1) is 11.3 Å². The summed E-state index contributed by atoms with van der Waals surface area (Å²) in [5.74, 6) is -0.608. The Bertz CT molecular complexity index is 1020. The van der Waals surface area contributed by atoms with Crippen LogP contribution in [0.25, 0.3) is 5.69 Å². The van der Waals surface area contributed by atoms with Crippen LogP contribution in [0.2, 0.25) is 0 Å². The number of hydrogen-bond acceptors (Lipinski definition) is 5. The van der Waals surface area contributed by atoms with E-state index in [0.717, 1.165) is 15.7 Å². The number of carbonyl (C=O) groups is 1. The molecule has 0 unspecified atom stereocenters. The van der Waals surface area contributed by atoms with E-state index < -0.39 is 5.97 Å². The van der Waals surface area contributed by atoms with E-state index >= 15 is 0 Å². The van der Waals surface area contributed by atoms with Crippen molar-refractivity contribution in [3.05, 3.63) is 76.0 Å². The minimum atomic E-state index is -0.608. The monoisotopic (exact) mass is 424 g/mol. The highest BCUT2D eigenvalue weighted by molar-refractivity contribution is 9.10. The van der Waals surface area contributed by atoms with Crippen LogP contribution >= 0.6 is 15.9 Å². The first kappa shape index (κ1) is 18.5. The van der Waals surface area contributed by atoms with Crippen LogP contribution in [-0.2, 0) is 11.3 Å². The first-order valence-corrected chi connectivity index (χ1v) is 8.91. The zero-order valence-corrected chi connectivity index (χ0v) is 16.2. The topological polar surface area (TPSA) is 93.1 Å². The third-order valence-corrected chi connectivity index (χ3v) is 4.58. The number of halogens is 1. The van der Waals surface area contributed by atoms with Gasteiger partial charge in [-0.2, -0.15) is 5.26 Å². The number of nitriles is 1. The molecule has 1 aromatic heterocycles. The highest BCUT2D eigenvalue weighted by atomic mass is 79.9. The normalized spacial score (nSPS) is 10.3. The molecule has 0 fully saturated rings. The number of esters is 1. The van der Waals surface area contributed by atoms with Crippen molar-refractivity contribution in [3.63, 3.8) is 0 Å². The van der Waals surface area contributed by atoms with Crippen LogP contribution in [0.3, 0.4) is 0 Å².